The average Bonchev–Trinajstić information content (AvgIpc) is 3.64. The van der Waals surface area contributed by atoms with Crippen LogP contribution < -0.4 is 0 Å². The number of hydrogen-bond donors (Lipinski definition) is 0. The fraction of sp³-hybridized carbons (Fsp3) is 0.167. The fourth-order valence-corrected chi connectivity index (χ4v) is 5.48. The van der Waals surface area contributed by atoms with Crippen LogP contribution in [0.25, 0.3) is 21.5 Å². The first-order chi connectivity index (χ1) is 18.5. The van der Waals surface area contributed by atoms with Crippen molar-refractivity contribution in [1.82, 2.24) is 9.80 Å². The molecule has 2 aliphatic rings. The Morgan fingerprint density at radius 3 is 1.10 bits per heavy atom. The Labute approximate surface area is 247 Å². The zero-order chi connectivity index (χ0) is 26.5. The van der Waals surface area contributed by atoms with Crippen molar-refractivity contribution in [3.63, 3.8) is 0 Å². The third-order valence-electron chi connectivity index (χ3n) is 7.22. The van der Waals surface area contributed by atoms with Gasteiger partial charge in [-0.2, -0.15) is 0 Å². The molecular weight excluding hydrogens is 516 g/mol. The zero-order valence-electron chi connectivity index (χ0n) is 23.1. The van der Waals surface area contributed by atoms with Crippen LogP contribution >= 0.6 is 0 Å². The molecule has 0 heterocycles. The molecule has 10 radical (unpaired) electrons. The predicted molar refractivity (Wildman–Crippen MR) is 162 cm³/mol. The van der Waals surface area contributed by atoms with E-state index in [1.807, 2.05) is 0 Å². The first kappa shape index (κ1) is 29.8. The minimum atomic E-state index is 0. The van der Waals surface area contributed by atoms with Crippen molar-refractivity contribution >= 4 is 21.5 Å². The summed E-state index contributed by atoms with van der Waals surface area (Å²) < 4.78 is 0. The van der Waals surface area contributed by atoms with Crippen molar-refractivity contribution in [3.05, 3.63) is 159 Å². The summed E-state index contributed by atoms with van der Waals surface area (Å²) in [6.07, 6.45) is 17.2. The molecule has 3 heteroatoms. The van der Waals surface area contributed by atoms with E-state index in [9.17, 15) is 0 Å². The molecule has 2 aliphatic carbocycles. The molecule has 4 aromatic carbocycles. The Kier molecular flexibility index (Phi) is 10.7. The van der Waals surface area contributed by atoms with Crippen LogP contribution in [0, 0.1) is 63.2 Å². The molecule has 0 aliphatic heterocycles. The average molecular weight is 553 g/mol. The maximum Gasteiger partial charge on any atom is 0.0410 e. The Morgan fingerprint density at radius 2 is 0.769 bits per heavy atom. The Bertz CT molecular complexity index is 1210. The van der Waals surface area contributed by atoms with Crippen molar-refractivity contribution in [2.24, 2.45) is 0 Å². The SMILES string of the molecule is CN(C)[C@@H]([C]1[CH][CH][CH][CH]1)c1ccc2ccccc2c1.CN(C)[C@@H]([C]1[CH][CH][CH][CH]1)c1ccc2ccccc2c1.[Fe]. The van der Waals surface area contributed by atoms with E-state index in [1.165, 1.54) is 44.5 Å². The largest absolute Gasteiger partial charge is 0.302 e. The number of benzene rings is 4. The number of nitrogens with zero attached hydrogens (tertiary/aromatic N) is 2. The standard InChI is InChI=1S/2C18H18N.Fe/c2*1-19(2)18(15-8-4-5-9-15)17-12-11-14-7-3-6-10-16(14)13-17;/h2*3-13,18H,1-2H3;/t2*18-;/m00./s1. The van der Waals surface area contributed by atoms with Crippen molar-refractivity contribution in [2.45, 2.75) is 12.1 Å². The summed E-state index contributed by atoms with van der Waals surface area (Å²) in [6.45, 7) is 0. The summed E-state index contributed by atoms with van der Waals surface area (Å²) in [4.78, 5) is 4.53. The van der Waals surface area contributed by atoms with Gasteiger partial charge in [0.25, 0.3) is 0 Å². The van der Waals surface area contributed by atoms with Gasteiger partial charge in [-0.25, -0.2) is 0 Å². The van der Waals surface area contributed by atoms with Gasteiger partial charge >= 0.3 is 0 Å². The minimum Gasteiger partial charge on any atom is -0.302 e. The summed E-state index contributed by atoms with van der Waals surface area (Å²) in [5.74, 6) is 2.69. The van der Waals surface area contributed by atoms with Gasteiger partial charge in [0.15, 0.2) is 0 Å². The zero-order valence-corrected chi connectivity index (χ0v) is 24.2. The van der Waals surface area contributed by atoms with Crippen LogP contribution in [0.15, 0.2) is 84.9 Å². The molecule has 2 fully saturated rings. The van der Waals surface area contributed by atoms with E-state index in [2.05, 4.69) is 174 Å². The van der Waals surface area contributed by atoms with Crippen LogP contribution in [-0.4, -0.2) is 38.0 Å². The van der Waals surface area contributed by atoms with Crippen molar-refractivity contribution in [2.75, 3.05) is 28.2 Å². The van der Waals surface area contributed by atoms with Gasteiger partial charge < -0.3 is 9.80 Å². The molecule has 4 aromatic rings. The second kappa shape index (κ2) is 14.0. The Morgan fingerprint density at radius 1 is 0.436 bits per heavy atom. The maximum atomic E-state index is 2.30. The van der Waals surface area contributed by atoms with Crippen molar-refractivity contribution < 1.29 is 17.1 Å². The number of fused-ring (bicyclic) bond motifs is 2. The molecule has 0 unspecified atom stereocenters. The summed E-state index contributed by atoms with van der Waals surface area (Å²) in [5, 5.41) is 5.20. The monoisotopic (exact) mass is 552 g/mol. The normalized spacial score (nSPS) is 17.8. The molecular formula is C36H36FeN2. The smallest absolute Gasteiger partial charge is 0.0410 e. The third-order valence-corrected chi connectivity index (χ3v) is 7.22. The molecule has 0 amide bonds. The van der Waals surface area contributed by atoms with Gasteiger partial charge in [-0.1, -0.05) is 72.8 Å². The fourth-order valence-electron chi connectivity index (χ4n) is 5.48. The number of hydrogen-bond acceptors (Lipinski definition) is 2. The van der Waals surface area contributed by atoms with E-state index in [0.29, 0.717) is 12.1 Å². The molecule has 2 atom stereocenters. The first-order valence-electron chi connectivity index (χ1n) is 13.2. The van der Waals surface area contributed by atoms with Gasteiger partial charge in [-0.05, 0) is 124 Å². The maximum absolute atomic E-state index is 2.30. The molecule has 0 bridgehead atoms. The van der Waals surface area contributed by atoms with Gasteiger partial charge in [-0.15, -0.1) is 0 Å². The summed E-state index contributed by atoms with van der Waals surface area (Å²) >= 11 is 0. The molecule has 0 aromatic heterocycles. The molecule has 2 nitrogen and oxygen atoms in total. The van der Waals surface area contributed by atoms with Gasteiger partial charge in [0.1, 0.15) is 0 Å². The van der Waals surface area contributed by atoms with Gasteiger partial charge in [0, 0.05) is 41.0 Å². The predicted octanol–water partition coefficient (Wildman–Crippen LogP) is 7.69. The summed E-state index contributed by atoms with van der Waals surface area (Å²) in [6, 6.07) is 31.2. The van der Waals surface area contributed by atoms with Gasteiger partial charge in [0.05, 0.1) is 0 Å². The van der Waals surface area contributed by atoms with E-state index in [-0.39, 0.29) is 17.1 Å². The van der Waals surface area contributed by atoms with Crippen LogP contribution in [-0.2, 0) is 17.1 Å². The van der Waals surface area contributed by atoms with Crippen LogP contribution in [0.5, 0.6) is 0 Å². The third kappa shape index (κ3) is 7.14. The summed E-state index contributed by atoms with van der Waals surface area (Å²) in [7, 11) is 8.53. The van der Waals surface area contributed by atoms with Crippen molar-refractivity contribution in [3.8, 4) is 0 Å². The van der Waals surface area contributed by atoms with Crippen LogP contribution in [0.4, 0.5) is 0 Å². The molecule has 0 N–H and O–H groups in total. The van der Waals surface area contributed by atoms with Crippen LogP contribution in [0.1, 0.15) is 23.2 Å². The molecule has 2 saturated carbocycles. The second-order valence-corrected chi connectivity index (χ2v) is 10.4. The van der Waals surface area contributed by atoms with E-state index < -0.39 is 0 Å². The van der Waals surface area contributed by atoms with Crippen LogP contribution in [0.3, 0.4) is 0 Å². The van der Waals surface area contributed by atoms with E-state index >= 15 is 0 Å². The van der Waals surface area contributed by atoms with Crippen molar-refractivity contribution in [1.29, 1.82) is 0 Å². The van der Waals surface area contributed by atoms with Crippen LogP contribution in [0.2, 0.25) is 0 Å². The van der Waals surface area contributed by atoms with Gasteiger partial charge in [-0.3, -0.25) is 0 Å². The minimum absolute atomic E-state index is 0. The molecule has 0 spiro atoms. The van der Waals surface area contributed by atoms with E-state index in [1.54, 1.807) is 0 Å². The van der Waals surface area contributed by atoms with Gasteiger partial charge in [0.2, 0.25) is 0 Å². The van der Waals surface area contributed by atoms with E-state index in [4.69, 9.17) is 0 Å². The Balaban J connectivity index is 0.000000176. The molecule has 6 rings (SSSR count). The quantitative estimate of drug-likeness (QED) is 0.226. The molecule has 0 saturated heterocycles. The first-order valence-corrected chi connectivity index (χ1v) is 13.2. The topological polar surface area (TPSA) is 6.48 Å². The number of rotatable bonds is 6. The second-order valence-electron chi connectivity index (χ2n) is 10.4. The molecule has 198 valence electrons. The Hall–Kier alpha value is -2.16. The molecule has 39 heavy (non-hydrogen) atoms. The summed E-state index contributed by atoms with van der Waals surface area (Å²) in [5.41, 5.74) is 2.69. The van der Waals surface area contributed by atoms with E-state index in [0.717, 1.165) is 0 Å².